The van der Waals surface area contributed by atoms with Gasteiger partial charge in [-0.2, -0.15) is 0 Å². The monoisotopic (exact) mass is 302 g/mol. The van der Waals surface area contributed by atoms with Crippen LogP contribution in [0.4, 0.5) is 4.79 Å². The molecule has 1 heterocycles. The van der Waals surface area contributed by atoms with Crippen molar-refractivity contribution >= 4 is 22.8 Å². The minimum atomic E-state index is -0.916. The van der Waals surface area contributed by atoms with E-state index >= 15 is 0 Å². The maximum absolute atomic E-state index is 12.1. The predicted octanol–water partition coefficient (Wildman–Crippen LogP) is 0.650. The van der Waals surface area contributed by atoms with Gasteiger partial charge in [-0.25, -0.2) is 9.59 Å². The van der Waals surface area contributed by atoms with Gasteiger partial charge >= 0.3 is 12.0 Å². The zero-order valence-electron chi connectivity index (χ0n) is 11.7. The first-order valence-electron chi connectivity index (χ1n) is 7.16. The largest absolute Gasteiger partial charge is 0.480 e. The van der Waals surface area contributed by atoms with E-state index in [0.29, 0.717) is 30.5 Å². The summed E-state index contributed by atoms with van der Waals surface area (Å²) in [5.41, 5.74) is 0. The van der Waals surface area contributed by atoms with Crippen LogP contribution in [0.3, 0.4) is 0 Å². The molecule has 2 aliphatic rings. The lowest BCUT2D eigenvalue weighted by Crippen LogP contribution is -2.48. The number of likely N-dealkylation sites (tertiary alicyclic amines) is 1. The van der Waals surface area contributed by atoms with E-state index in [1.807, 2.05) is 6.92 Å². The van der Waals surface area contributed by atoms with E-state index in [2.05, 4.69) is 5.32 Å². The van der Waals surface area contributed by atoms with Gasteiger partial charge in [0.25, 0.3) is 0 Å². The lowest BCUT2D eigenvalue weighted by atomic mass is 9.94. The molecule has 2 N–H and O–H groups in total. The second-order valence-corrected chi connectivity index (χ2v) is 7.32. The van der Waals surface area contributed by atoms with Crippen molar-refractivity contribution in [3.05, 3.63) is 0 Å². The molecule has 0 aromatic carbocycles. The molecule has 1 saturated carbocycles. The van der Waals surface area contributed by atoms with Gasteiger partial charge in [-0.1, -0.05) is 13.3 Å². The number of fused-ring (bicyclic) bond motifs is 1. The molecule has 2 fully saturated rings. The molecule has 0 radical (unpaired) electrons. The summed E-state index contributed by atoms with van der Waals surface area (Å²) < 4.78 is 11.3. The van der Waals surface area contributed by atoms with Gasteiger partial charge in [0.15, 0.2) is 0 Å². The summed E-state index contributed by atoms with van der Waals surface area (Å²) >= 11 is 0. The molecule has 0 aromatic rings. The SMILES string of the molecule is CCS(=O)CCNC(=O)N1CC2CCCC2C1C(=O)O. The highest BCUT2D eigenvalue weighted by Crippen LogP contribution is 2.42. The number of carbonyl (C=O) groups excluding carboxylic acids is 1. The molecule has 0 spiro atoms. The van der Waals surface area contributed by atoms with Crippen molar-refractivity contribution in [2.45, 2.75) is 32.2 Å². The first-order valence-corrected chi connectivity index (χ1v) is 8.65. The van der Waals surface area contributed by atoms with Crippen molar-refractivity contribution in [1.82, 2.24) is 10.2 Å². The van der Waals surface area contributed by atoms with Crippen LogP contribution in [0.15, 0.2) is 0 Å². The van der Waals surface area contributed by atoms with Crippen molar-refractivity contribution in [2.75, 3.05) is 24.6 Å². The number of hydrogen-bond donors (Lipinski definition) is 2. The smallest absolute Gasteiger partial charge is 0.326 e. The van der Waals surface area contributed by atoms with Gasteiger partial charge in [-0.3, -0.25) is 4.21 Å². The number of carboxylic acids is 1. The van der Waals surface area contributed by atoms with Crippen LogP contribution in [0.1, 0.15) is 26.2 Å². The number of nitrogens with one attached hydrogen (secondary N) is 1. The number of rotatable bonds is 5. The van der Waals surface area contributed by atoms with E-state index in [1.54, 1.807) is 0 Å². The number of aliphatic carboxylic acids is 1. The van der Waals surface area contributed by atoms with E-state index in [-0.39, 0.29) is 11.9 Å². The number of urea groups is 1. The molecule has 1 aliphatic carbocycles. The summed E-state index contributed by atoms with van der Waals surface area (Å²) in [4.78, 5) is 25.0. The summed E-state index contributed by atoms with van der Waals surface area (Å²) in [6, 6.07) is -1.03. The van der Waals surface area contributed by atoms with Crippen molar-refractivity contribution in [1.29, 1.82) is 0 Å². The van der Waals surface area contributed by atoms with Crippen LogP contribution >= 0.6 is 0 Å². The third-order valence-corrected chi connectivity index (χ3v) is 5.64. The molecule has 6 nitrogen and oxygen atoms in total. The number of nitrogens with zero attached hydrogens (tertiary/aromatic N) is 1. The van der Waals surface area contributed by atoms with Crippen LogP contribution in [-0.4, -0.2) is 56.9 Å². The zero-order chi connectivity index (χ0) is 14.7. The second kappa shape index (κ2) is 6.56. The fourth-order valence-corrected chi connectivity index (χ4v) is 3.97. The Morgan fingerprint density at radius 2 is 2.15 bits per heavy atom. The highest BCUT2D eigenvalue weighted by Gasteiger charge is 2.49. The Balaban J connectivity index is 1.91. The van der Waals surface area contributed by atoms with Gasteiger partial charge in [-0.05, 0) is 24.7 Å². The van der Waals surface area contributed by atoms with Gasteiger partial charge in [0.2, 0.25) is 0 Å². The molecule has 2 amide bonds. The fourth-order valence-electron chi connectivity index (χ4n) is 3.35. The van der Waals surface area contributed by atoms with Crippen LogP contribution in [-0.2, 0) is 15.6 Å². The molecule has 2 rings (SSSR count). The van der Waals surface area contributed by atoms with Gasteiger partial charge in [0.1, 0.15) is 6.04 Å². The Kier molecular flexibility index (Phi) is 5.01. The molecule has 4 unspecified atom stereocenters. The van der Waals surface area contributed by atoms with Crippen molar-refractivity contribution in [2.24, 2.45) is 11.8 Å². The van der Waals surface area contributed by atoms with Crippen LogP contribution in [0, 0.1) is 11.8 Å². The molecule has 114 valence electrons. The van der Waals surface area contributed by atoms with E-state index in [0.717, 1.165) is 19.3 Å². The minimum Gasteiger partial charge on any atom is -0.480 e. The molecular weight excluding hydrogens is 280 g/mol. The van der Waals surface area contributed by atoms with Gasteiger partial charge < -0.3 is 15.3 Å². The molecule has 0 bridgehead atoms. The Labute approximate surface area is 121 Å². The molecule has 7 heteroatoms. The van der Waals surface area contributed by atoms with E-state index in [9.17, 15) is 18.9 Å². The Morgan fingerprint density at radius 1 is 1.40 bits per heavy atom. The molecule has 1 aliphatic heterocycles. The van der Waals surface area contributed by atoms with Gasteiger partial charge in [-0.15, -0.1) is 0 Å². The average Bonchev–Trinajstić information content (AvgIpc) is 2.97. The first kappa shape index (κ1) is 15.3. The Hall–Kier alpha value is -1.11. The van der Waals surface area contributed by atoms with Crippen LogP contribution in [0.2, 0.25) is 0 Å². The van der Waals surface area contributed by atoms with E-state index in [1.165, 1.54) is 4.90 Å². The van der Waals surface area contributed by atoms with E-state index < -0.39 is 22.8 Å². The average molecular weight is 302 g/mol. The fraction of sp³-hybridized carbons (Fsp3) is 0.846. The zero-order valence-corrected chi connectivity index (χ0v) is 12.5. The number of carbonyl (C=O) groups is 2. The van der Waals surface area contributed by atoms with Crippen LogP contribution in [0.5, 0.6) is 0 Å². The normalized spacial score (nSPS) is 30.1. The topological polar surface area (TPSA) is 86.7 Å². The molecule has 1 saturated heterocycles. The van der Waals surface area contributed by atoms with Crippen LogP contribution < -0.4 is 5.32 Å². The number of amides is 2. The van der Waals surface area contributed by atoms with Crippen LogP contribution in [0.25, 0.3) is 0 Å². The Morgan fingerprint density at radius 3 is 2.80 bits per heavy atom. The quantitative estimate of drug-likeness (QED) is 0.780. The maximum atomic E-state index is 12.1. The third kappa shape index (κ3) is 3.13. The summed E-state index contributed by atoms with van der Waals surface area (Å²) in [5.74, 6) is 0.503. The standard InChI is InChI=1S/C13H22N2O4S/c1-2-20(19)7-6-14-13(18)15-8-9-4-3-5-10(9)11(15)12(16)17/h9-11H,2-8H2,1H3,(H,14,18)(H,16,17). The predicted molar refractivity (Wildman–Crippen MR) is 75.9 cm³/mol. The summed E-state index contributed by atoms with van der Waals surface area (Å²) in [5, 5.41) is 12.1. The minimum absolute atomic E-state index is 0.100. The lowest BCUT2D eigenvalue weighted by molar-refractivity contribution is -0.142. The second-order valence-electron chi connectivity index (χ2n) is 5.45. The summed E-state index contributed by atoms with van der Waals surface area (Å²) in [7, 11) is -0.916. The molecular formula is C13H22N2O4S. The summed E-state index contributed by atoms with van der Waals surface area (Å²) in [6.45, 7) is 2.70. The van der Waals surface area contributed by atoms with Crippen molar-refractivity contribution in [3.8, 4) is 0 Å². The van der Waals surface area contributed by atoms with Crippen molar-refractivity contribution < 1.29 is 18.9 Å². The molecule has 0 aromatic heterocycles. The third-order valence-electron chi connectivity index (χ3n) is 4.33. The summed E-state index contributed by atoms with van der Waals surface area (Å²) in [6.07, 6.45) is 2.97. The molecule has 20 heavy (non-hydrogen) atoms. The van der Waals surface area contributed by atoms with E-state index in [4.69, 9.17) is 0 Å². The molecule has 4 atom stereocenters. The highest BCUT2D eigenvalue weighted by molar-refractivity contribution is 7.84. The highest BCUT2D eigenvalue weighted by atomic mass is 32.2. The maximum Gasteiger partial charge on any atom is 0.326 e. The van der Waals surface area contributed by atoms with Gasteiger partial charge in [0, 0.05) is 35.4 Å². The number of hydrogen-bond acceptors (Lipinski definition) is 3. The lowest BCUT2D eigenvalue weighted by Gasteiger charge is -2.24. The van der Waals surface area contributed by atoms with Crippen molar-refractivity contribution in [3.63, 3.8) is 0 Å². The van der Waals surface area contributed by atoms with Gasteiger partial charge in [0.05, 0.1) is 0 Å². The first-order chi connectivity index (χ1) is 9.54. The Bertz CT molecular complexity index is 415. The number of carboxylic acid groups (broad SMARTS) is 1.